The lowest BCUT2D eigenvalue weighted by atomic mass is 9.89. The fourth-order valence-corrected chi connectivity index (χ4v) is 2.95. The standard InChI is InChI=1S/C20H24O/c1-5-18(16-10-8-7-9-11-16)19(6-2)17-12-14(3)20(21)15(4)13-17/h7-13,21H,5-6H2,1-4H3/b19-18+. The van der Waals surface area contributed by atoms with Gasteiger partial charge in [-0.2, -0.15) is 0 Å². The zero-order valence-electron chi connectivity index (χ0n) is 13.4. The van der Waals surface area contributed by atoms with E-state index in [1.54, 1.807) is 0 Å². The third-order valence-corrected chi connectivity index (χ3v) is 4.03. The van der Waals surface area contributed by atoms with Gasteiger partial charge in [0, 0.05) is 0 Å². The molecule has 0 atom stereocenters. The SMILES string of the molecule is CC/C(=C(/CC)c1cc(C)c(O)c(C)c1)c1ccccc1. The number of aromatic hydroxyl groups is 1. The zero-order valence-corrected chi connectivity index (χ0v) is 13.4. The Balaban J connectivity index is 2.63. The Kier molecular flexibility index (Phi) is 4.85. The Morgan fingerprint density at radius 2 is 1.29 bits per heavy atom. The Morgan fingerprint density at radius 1 is 0.810 bits per heavy atom. The summed E-state index contributed by atoms with van der Waals surface area (Å²) in [6, 6.07) is 14.8. The van der Waals surface area contributed by atoms with Gasteiger partial charge in [0.25, 0.3) is 0 Å². The predicted octanol–water partition coefficient (Wildman–Crippen LogP) is 5.74. The number of aryl methyl sites for hydroxylation is 2. The van der Waals surface area contributed by atoms with Gasteiger partial charge in [-0.25, -0.2) is 0 Å². The Bertz CT molecular complexity index is 628. The Hall–Kier alpha value is -2.02. The molecule has 0 aromatic heterocycles. The van der Waals surface area contributed by atoms with Crippen molar-refractivity contribution in [1.29, 1.82) is 0 Å². The maximum Gasteiger partial charge on any atom is 0.121 e. The minimum absolute atomic E-state index is 0.409. The van der Waals surface area contributed by atoms with Gasteiger partial charge in [0.15, 0.2) is 0 Å². The van der Waals surface area contributed by atoms with Crippen molar-refractivity contribution in [3.8, 4) is 5.75 Å². The summed E-state index contributed by atoms with van der Waals surface area (Å²) in [7, 11) is 0. The van der Waals surface area contributed by atoms with Crippen molar-refractivity contribution in [1.82, 2.24) is 0 Å². The van der Waals surface area contributed by atoms with Crippen molar-refractivity contribution >= 4 is 11.1 Å². The molecule has 0 bridgehead atoms. The average molecular weight is 280 g/mol. The first-order valence-corrected chi connectivity index (χ1v) is 7.66. The van der Waals surface area contributed by atoms with E-state index < -0.39 is 0 Å². The number of rotatable bonds is 4. The summed E-state index contributed by atoms with van der Waals surface area (Å²) in [5, 5.41) is 9.98. The highest BCUT2D eigenvalue weighted by Crippen LogP contribution is 2.34. The number of hydrogen-bond acceptors (Lipinski definition) is 1. The van der Waals surface area contributed by atoms with Gasteiger partial charge in [0.1, 0.15) is 5.75 Å². The molecular weight excluding hydrogens is 256 g/mol. The molecule has 0 saturated carbocycles. The van der Waals surface area contributed by atoms with Crippen LogP contribution < -0.4 is 0 Å². The molecule has 1 N–H and O–H groups in total. The van der Waals surface area contributed by atoms with Crippen LogP contribution in [0.2, 0.25) is 0 Å². The highest BCUT2D eigenvalue weighted by Gasteiger charge is 2.11. The molecule has 0 aliphatic carbocycles. The molecule has 0 radical (unpaired) electrons. The number of hydrogen-bond donors (Lipinski definition) is 1. The van der Waals surface area contributed by atoms with E-state index in [1.807, 2.05) is 13.8 Å². The van der Waals surface area contributed by atoms with Crippen molar-refractivity contribution in [2.24, 2.45) is 0 Å². The van der Waals surface area contributed by atoms with Crippen LogP contribution in [0.3, 0.4) is 0 Å². The van der Waals surface area contributed by atoms with Gasteiger partial charge in [-0.1, -0.05) is 44.2 Å². The molecule has 0 amide bonds. The second-order valence-corrected chi connectivity index (χ2v) is 5.49. The number of phenols is 1. The molecule has 1 nitrogen and oxygen atoms in total. The van der Waals surface area contributed by atoms with Crippen molar-refractivity contribution in [3.05, 3.63) is 64.7 Å². The fraction of sp³-hybridized carbons (Fsp3) is 0.300. The zero-order chi connectivity index (χ0) is 15.4. The van der Waals surface area contributed by atoms with Gasteiger partial charge in [-0.05, 0) is 72.2 Å². The van der Waals surface area contributed by atoms with E-state index in [0.29, 0.717) is 5.75 Å². The normalized spacial score (nSPS) is 12.2. The maximum atomic E-state index is 9.98. The van der Waals surface area contributed by atoms with E-state index >= 15 is 0 Å². The van der Waals surface area contributed by atoms with Gasteiger partial charge in [0.2, 0.25) is 0 Å². The summed E-state index contributed by atoms with van der Waals surface area (Å²) in [4.78, 5) is 0. The van der Waals surface area contributed by atoms with Crippen LogP contribution in [0, 0.1) is 13.8 Å². The van der Waals surface area contributed by atoms with E-state index in [4.69, 9.17) is 0 Å². The van der Waals surface area contributed by atoms with Crippen LogP contribution >= 0.6 is 0 Å². The lowest BCUT2D eigenvalue weighted by Crippen LogP contribution is -1.94. The summed E-state index contributed by atoms with van der Waals surface area (Å²) >= 11 is 0. The Morgan fingerprint density at radius 3 is 1.76 bits per heavy atom. The van der Waals surface area contributed by atoms with Crippen LogP contribution in [0.1, 0.15) is 48.9 Å². The summed E-state index contributed by atoms with van der Waals surface area (Å²) in [6.07, 6.45) is 1.99. The molecule has 21 heavy (non-hydrogen) atoms. The van der Waals surface area contributed by atoms with E-state index in [1.165, 1.54) is 22.3 Å². The lowest BCUT2D eigenvalue weighted by molar-refractivity contribution is 0.467. The molecule has 0 heterocycles. The van der Waals surface area contributed by atoms with Crippen LogP contribution in [0.5, 0.6) is 5.75 Å². The highest BCUT2D eigenvalue weighted by molar-refractivity contribution is 5.91. The van der Waals surface area contributed by atoms with E-state index in [2.05, 4.69) is 56.3 Å². The topological polar surface area (TPSA) is 20.2 Å². The second-order valence-electron chi connectivity index (χ2n) is 5.49. The first kappa shape index (κ1) is 15.4. The molecule has 2 rings (SSSR count). The highest BCUT2D eigenvalue weighted by atomic mass is 16.3. The minimum atomic E-state index is 0.409. The predicted molar refractivity (Wildman–Crippen MR) is 91.4 cm³/mol. The molecule has 0 aliphatic rings. The molecular formula is C20H24O. The minimum Gasteiger partial charge on any atom is -0.507 e. The molecule has 110 valence electrons. The molecule has 0 aliphatic heterocycles. The quantitative estimate of drug-likeness (QED) is 0.708. The van der Waals surface area contributed by atoms with E-state index in [-0.39, 0.29) is 0 Å². The van der Waals surface area contributed by atoms with Crippen LogP contribution in [0.4, 0.5) is 0 Å². The summed E-state index contributed by atoms with van der Waals surface area (Å²) < 4.78 is 0. The van der Waals surface area contributed by atoms with Gasteiger partial charge in [-0.15, -0.1) is 0 Å². The van der Waals surface area contributed by atoms with Crippen LogP contribution in [0.15, 0.2) is 42.5 Å². The fourth-order valence-electron chi connectivity index (χ4n) is 2.95. The first-order valence-electron chi connectivity index (χ1n) is 7.66. The smallest absolute Gasteiger partial charge is 0.121 e. The van der Waals surface area contributed by atoms with Gasteiger partial charge in [0.05, 0.1) is 0 Å². The molecule has 0 fully saturated rings. The van der Waals surface area contributed by atoms with Crippen molar-refractivity contribution < 1.29 is 5.11 Å². The number of benzene rings is 2. The maximum absolute atomic E-state index is 9.98. The van der Waals surface area contributed by atoms with E-state index in [9.17, 15) is 5.11 Å². The van der Waals surface area contributed by atoms with Gasteiger partial charge in [-0.3, -0.25) is 0 Å². The van der Waals surface area contributed by atoms with Crippen molar-refractivity contribution in [2.45, 2.75) is 40.5 Å². The molecule has 2 aromatic rings. The molecule has 2 aromatic carbocycles. The van der Waals surface area contributed by atoms with Crippen molar-refractivity contribution in [2.75, 3.05) is 0 Å². The lowest BCUT2D eigenvalue weighted by Gasteiger charge is -2.16. The number of allylic oxidation sites excluding steroid dienone is 2. The summed E-state index contributed by atoms with van der Waals surface area (Å²) in [5.74, 6) is 0.409. The first-order chi connectivity index (χ1) is 10.1. The van der Waals surface area contributed by atoms with Crippen LogP contribution in [-0.4, -0.2) is 5.11 Å². The van der Waals surface area contributed by atoms with E-state index in [0.717, 1.165) is 24.0 Å². The van der Waals surface area contributed by atoms with Gasteiger partial charge >= 0.3 is 0 Å². The summed E-state index contributed by atoms with van der Waals surface area (Å²) in [5.41, 5.74) is 7.17. The van der Waals surface area contributed by atoms with Gasteiger partial charge < -0.3 is 5.11 Å². The monoisotopic (exact) mass is 280 g/mol. The molecule has 0 spiro atoms. The Labute approximate surface area is 128 Å². The largest absolute Gasteiger partial charge is 0.507 e. The molecule has 1 heteroatoms. The average Bonchev–Trinajstić information content (AvgIpc) is 2.50. The van der Waals surface area contributed by atoms with Crippen LogP contribution in [-0.2, 0) is 0 Å². The summed E-state index contributed by atoms with van der Waals surface area (Å²) in [6.45, 7) is 8.34. The molecule has 0 saturated heterocycles. The second kappa shape index (κ2) is 6.62. The van der Waals surface area contributed by atoms with Crippen LogP contribution in [0.25, 0.3) is 11.1 Å². The van der Waals surface area contributed by atoms with Crippen molar-refractivity contribution in [3.63, 3.8) is 0 Å². The third-order valence-electron chi connectivity index (χ3n) is 4.03. The molecule has 0 unspecified atom stereocenters. The third kappa shape index (κ3) is 3.18. The number of phenolic OH excluding ortho intramolecular Hbond substituents is 1.